The summed E-state index contributed by atoms with van der Waals surface area (Å²) in [7, 11) is 0. The van der Waals surface area contributed by atoms with E-state index in [4.69, 9.17) is 14.1 Å². The van der Waals surface area contributed by atoms with Crippen LogP contribution >= 0.6 is 0 Å². The van der Waals surface area contributed by atoms with Gasteiger partial charge in [0.1, 0.15) is 5.76 Å². The maximum absolute atomic E-state index is 12.8. The van der Waals surface area contributed by atoms with Crippen LogP contribution in [0.2, 0.25) is 0 Å². The van der Waals surface area contributed by atoms with Gasteiger partial charge in [0, 0.05) is 58.8 Å². The van der Waals surface area contributed by atoms with Gasteiger partial charge in [-0.2, -0.15) is 0 Å². The molecule has 1 amide bonds. The molecular weight excluding hydrogens is 406 g/mol. The van der Waals surface area contributed by atoms with Crippen molar-refractivity contribution in [3.8, 4) is 0 Å². The second-order valence-electron chi connectivity index (χ2n) is 9.14. The molecule has 8 heteroatoms. The minimum Gasteiger partial charge on any atom is -0.469 e. The first-order valence-electron chi connectivity index (χ1n) is 12.4. The topological polar surface area (TPSA) is 73.6 Å². The van der Waals surface area contributed by atoms with Crippen LogP contribution in [0.5, 0.6) is 0 Å². The third-order valence-electron chi connectivity index (χ3n) is 6.89. The number of carbonyl (C=O) groups is 1. The molecule has 1 N–H and O–H groups in total. The molecule has 1 aromatic rings. The Balaban J connectivity index is 1.31. The molecule has 3 aliphatic rings. The smallest absolute Gasteiger partial charge is 0.239 e. The normalized spacial score (nSPS) is 24.0. The van der Waals surface area contributed by atoms with Crippen molar-refractivity contribution in [1.82, 2.24) is 20.0 Å². The maximum atomic E-state index is 12.8. The largest absolute Gasteiger partial charge is 0.469 e. The van der Waals surface area contributed by atoms with E-state index in [1.807, 2.05) is 17.0 Å². The Kier molecular flexibility index (Phi) is 8.45. The van der Waals surface area contributed by atoms with Crippen molar-refractivity contribution >= 4 is 11.9 Å². The van der Waals surface area contributed by atoms with Gasteiger partial charge in [-0.05, 0) is 51.2 Å². The van der Waals surface area contributed by atoms with Crippen LogP contribution in [-0.4, -0.2) is 97.7 Å². The fourth-order valence-electron chi connectivity index (χ4n) is 4.84. The Labute approximate surface area is 192 Å². The second-order valence-corrected chi connectivity index (χ2v) is 9.14. The van der Waals surface area contributed by atoms with Crippen LogP contribution in [0.3, 0.4) is 0 Å². The monoisotopic (exact) mass is 445 g/mol. The number of aliphatic imine (C=N–C) groups is 1. The van der Waals surface area contributed by atoms with Gasteiger partial charge in [0.15, 0.2) is 5.96 Å². The third kappa shape index (κ3) is 6.25. The SMILES string of the molecule is CC(C(=O)N1CCCC1)N1CCN(C(=NCC2CCCCO2)NCCc2ccco2)CC1. The van der Waals surface area contributed by atoms with E-state index in [0.717, 1.165) is 96.2 Å². The number of carbonyl (C=O) groups excluding carboxylic acids is 1. The number of hydrogen-bond acceptors (Lipinski definition) is 5. The predicted molar refractivity (Wildman–Crippen MR) is 125 cm³/mol. The summed E-state index contributed by atoms with van der Waals surface area (Å²) in [5.41, 5.74) is 0. The predicted octanol–water partition coefficient (Wildman–Crippen LogP) is 1.97. The Hall–Kier alpha value is -2.06. The number of hydrogen-bond donors (Lipinski definition) is 1. The Morgan fingerprint density at radius 1 is 1.12 bits per heavy atom. The molecule has 3 saturated heterocycles. The van der Waals surface area contributed by atoms with E-state index < -0.39 is 0 Å². The van der Waals surface area contributed by atoms with Gasteiger partial charge in [0.05, 0.1) is 25.0 Å². The highest BCUT2D eigenvalue weighted by atomic mass is 16.5. The van der Waals surface area contributed by atoms with Crippen molar-refractivity contribution in [2.75, 3.05) is 59.0 Å². The molecule has 4 heterocycles. The molecule has 178 valence electrons. The van der Waals surface area contributed by atoms with Crippen molar-refractivity contribution in [1.29, 1.82) is 0 Å². The van der Waals surface area contributed by atoms with Crippen molar-refractivity contribution in [2.24, 2.45) is 4.99 Å². The standard InChI is InChI=1S/C24H39N5O3/c1-20(23(30)28-11-3-4-12-28)27-13-15-29(16-14-27)24(25-10-9-21-8-6-18-31-21)26-19-22-7-2-5-17-32-22/h6,8,18,20,22H,2-5,7,9-17,19H2,1H3,(H,25,26). The van der Waals surface area contributed by atoms with Crippen LogP contribution in [-0.2, 0) is 16.0 Å². The molecule has 0 saturated carbocycles. The minimum absolute atomic E-state index is 0.0433. The van der Waals surface area contributed by atoms with Crippen LogP contribution in [0.4, 0.5) is 0 Å². The zero-order valence-corrected chi connectivity index (χ0v) is 19.5. The van der Waals surface area contributed by atoms with E-state index in [1.165, 1.54) is 6.42 Å². The van der Waals surface area contributed by atoms with Crippen molar-refractivity contribution in [2.45, 2.75) is 57.6 Å². The Morgan fingerprint density at radius 3 is 2.62 bits per heavy atom. The lowest BCUT2D eigenvalue weighted by molar-refractivity contribution is -0.135. The summed E-state index contributed by atoms with van der Waals surface area (Å²) in [6.45, 7) is 9.72. The molecule has 2 unspecified atom stereocenters. The molecule has 4 rings (SSSR count). The molecule has 8 nitrogen and oxygen atoms in total. The summed E-state index contributed by atoms with van der Waals surface area (Å²) in [5.74, 6) is 2.21. The minimum atomic E-state index is -0.0433. The van der Waals surface area contributed by atoms with Crippen LogP contribution in [0.15, 0.2) is 27.8 Å². The summed E-state index contributed by atoms with van der Waals surface area (Å²) in [6.07, 6.45) is 8.52. The van der Waals surface area contributed by atoms with Gasteiger partial charge in [0.25, 0.3) is 0 Å². The fraction of sp³-hybridized carbons (Fsp3) is 0.750. The number of piperazine rings is 1. The van der Waals surface area contributed by atoms with E-state index in [2.05, 4.69) is 22.0 Å². The molecule has 1 aromatic heterocycles. The number of furan rings is 1. The highest BCUT2D eigenvalue weighted by molar-refractivity contribution is 5.82. The summed E-state index contributed by atoms with van der Waals surface area (Å²) < 4.78 is 11.3. The van der Waals surface area contributed by atoms with E-state index >= 15 is 0 Å². The van der Waals surface area contributed by atoms with E-state index in [1.54, 1.807) is 6.26 Å². The first-order valence-corrected chi connectivity index (χ1v) is 12.4. The van der Waals surface area contributed by atoms with E-state index in [0.29, 0.717) is 6.54 Å². The van der Waals surface area contributed by atoms with Crippen LogP contribution in [0, 0.1) is 0 Å². The van der Waals surface area contributed by atoms with Crippen molar-refractivity contribution < 1.29 is 13.9 Å². The first kappa shape index (κ1) is 23.1. The summed E-state index contributed by atoms with van der Waals surface area (Å²) in [4.78, 5) is 24.4. The lowest BCUT2D eigenvalue weighted by Gasteiger charge is -2.39. The van der Waals surface area contributed by atoms with Gasteiger partial charge in [-0.1, -0.05) is 0 Å². The van der Waals surface area contributed by atoms with Crippen LogP contribution in [0.1, 0.15) is 44.8 Å². The van der Waals surface area contributed by atoms with Gasteiger partial charge >= 0.3 is 0 Å². The molecule has 0 aliphatic carbocycles. The first-order chi connectivity index (χ1) is 15.7. The zero-order chi connectivity index (χ0) is 22.2. The molecular formula is C24H39N5O3. The van der Waals surface area contributed by atoms with Crippen LogP contribution < -0.4 is 5.32 Å². The number of rotatable bonds is 7. The molecule has 32 heavy (non-hydrogen) atoms. The van der Waals surface area contributed by atoms with E-state index in [-0.39, 0.29) is 18.1 Å². The lowest BCUT2D eigenvalue weighted by atomic mass is 10.1. The molecule has 0 radical (unpaired) electrons. The summed E-state index contributed by atoms with van der Waals surface area (Å²) >= 11 is 0. The number of nitrogens with zero attached hydrogens (tertiary/aromatic N) is 4. The Bertz CT molecular complexity index is 718. The quantitative estimate of drug-likeness (QED) is 0.511. The number of amides is 1. The van der Waals surface area contributed by atoms with Crippen molar-refractivity contribution in [3.05, 3.63) is 24.2 Å². The van der Waals surface area contributed by atoms with Gasteiger partial charge in [-0.15, -0.1) is 0 Å². The highest BCUT2D eigenvalue weighted by Gasteiger charge is 2.30. The molecule has 3 fully saturated rings. The molecule has 0 bridgehead atoms. The number of guanidine groups is 1. The summed E-state index contributed by atoms with van der Waals surface area (Å²) in [5, 5.41) is 3.55. The van der Waals surface area contributed by atoms with Crippen LogP contribution in [0.25, 0.3) is 0 Å². The van der Waals surface area contributed by atoms with Gasteiger partial charge < -0.3 is 24.3 Å². The summed E-state index contributed by atoms with van der Waals surface area (Å²) in [6, 6.07) is 3.89. The van der Waals surface area contributed by atoms with Gasteiger partial charge in [-0.25, -0.2) is 0 Å². The maximum Gasteiger partial charge on any atom is 0.239 e. The average Bonchev–Trinajstić information content (AvgIpc) is 3.56. The second kappa shape index (κ2) is 11.7. The molecule has 3 aliphatic heterocycles. The molecule has 0 spiro atoms. The van der Waals surface area contributed by atoms with E-state index in [9.17, 15) is 4.79 Å². The number of nitrogens with one attached hydrogen (secondary N) is 1. The zero-order valence-electron chi connectivity index (χ0n) is 19.5. The number of ether oxygens (including phenoxy) is 1. The molecule has 0 aromatic carbocycles. The van der Waals surface area contributed by atoms with Crippen molar-refractivity contribution in [3.63, 3.8) is 0 Å². The van der Waals surface area contributed by atoms with Gasteiger partial charge in [0.2, 0.25) is 5.91 Å². The highest BCUT2D eigenvalue weighted by Crippen LogP contribution is 2.15. The third-order valence-corrected chi connectivity index (χ3v) is 6.89. The van der Waals surface area contributed by atoms with Gasteiger partial charge in [-0.3, -0.25) is 14.7 Å². The molecule has 2 atom stereocenters. The lowest BCUT2D eigenvalue weighted by Crippen LogP contribution is -2.57. The average molecular weight is 446 g/mol. The Morgan fingerprint density at radius 2 is 1.94 bits per heavy atom. The fourth-order valence-corrected chi connectivity index (χ4v) is 4.84. The number of likely N-dealkylation sites (tertiary alicyclic amines) is 1.